The third kappa shape index (κ3) is 4.06. The average Bonchev–Trinajstić information content (AvgIpc) is 2.59. The molecule has 138 valence electrons. The van der Waals surface area contributed by atoms with Crippen LogP contribution >= 0.6 is 23.2 Å². The second-order valence-electron chi connectivity index (χ2n) is 7.08. The number of halogens is 2. The number of aliphatic carboxylic acids is 1. The molecule has 0 aromatic heterocycles. The number of piperidine rings is 1. The van der Waals surface area contributed by atoms with Gasteiger partial charge in [-0.15, -0.1) is 0 Å². The third-order valence-corrected chi connectivity index (χ3v) is 5.78. The maximum atomic E-state index is 11.3. The standard InChI is InChI=1S/C21H23Cl2NO2/c1-13-3-5-17(14(2)11-13)20(18-6-4-16(22)12-19(18)23)24-9-7-15(8-10-24)21(25)26/h3-6,11-12,15,20H,7-10H2,1-2H3,(H,25,26). The van der Waals surface area contributed by atoms with Gasteiger partial charge >= 0.3 is 5.97 Å². The second-order valence-corrected chi connectivity index (χ2v) is 7.92. The normalized spacial score (nSPS) is 17.2. The summed E-state index contributed by atoms with van der Waals surface area (Å²) < 4.78 is 0. The number of nitrogens with zero attached hydrogens (tertiary/aromatic N) is 1. The fraction of sp³-hybridized carbons (Fsp3) is 0.381. The van der Waals surface area contributed by atoms with E-state index in [2.05, 4.69) is 36.9 Å². The Balaban J connectivity index is 2.01. The van der Waals surface area contributed by atoms with E-state index in [1.165, 1.54) is 16.7 Å². The van der Waals surface area contributed by atoms with Crippen molar-refractivity contribution in [3.05, 3.63) is 68.7 Å². The minimum atomic E-state index is -0.697. The zero-order valence-electron chi connectivity index (χ0n) is 15.0. The van der Waals surface area contributed by atoms with Crippen molar-refractivity contribution in [2.75, 3.05) is 13.1 Å². The fourth-order valence-electron chi connectivity index (χ4n) is 3.82. The minimum absolute atomic E-state index is 0.00453. The van der Waals surface area contributed by atoms with Gasteiger partial charge in [-0.1, -0.05) is 53.0 Å². The molecule has 2 aromatic rings. The molecular formula is C21H23Cl2NO2. The van der Waals surface area contributed by atoms with Crippen molar-refractivity contribution in [2.24, 2.45) is 5.92 Å². The number of rotatable bonds is 4. The SMILES string of the molecule is Cc1ccc(C(c2ccc(Cl)cc2Cl)N2CCC(C(=O)O)CC2)c(C)c1. The second kappa shape index (κ2) is 7.99. The molecule has 1 aliphatic rings. The average molecular weight is 392 g/mol. The van der Waals surface area contributed by atoms with Crippen LogP contribution in [-0.4, -0.2) is 29.1 Å². The van der Waals surface area contributed by atoms with Crippen molar-refractivity contribution >= 4 is 29.2 Å². The van der Waals surface area contributed by atoms with E-state index in [0.29, 0.717) is 22.9 Å². The predicted molar refractivity (Wildman–Crippen MR) is 106 cm³/mol. The highest BCUT2D eigenvalue weighted by atomic mass is 35.5. The zero-order chi connectivity index (χ0) is 18.8. The number of carbonyl (C=O) groups is 1. The Morgan fingerprint density at radius 1 is 1.08 bits per heavy atom. The molecule has 1 fully saturated rings. The Morgan fingerprint density at radius 2 is 1.73 bits per heavy atom. The van der Waals surface area contributed by atoms with Crippen LogP contribution in [0, 0.1) is 19.8 Å². The van der Waals surface area contributed by atoms with Crippen LogP contribution in [0.2, 0.25) is 10.0 Å². The van der Waals surface area contributed by atoms with Gasteiger partial charge in [0.05, 0.1) is 12.0 Å². The molecule has 1 unspecified atom stereocenters. The van der Waals surface area contributed by atoms with Gasteiger partial charge in [-0.2, -0.15) is 0 Å². The van der Waals surface area contributed by atoms with Crippen molar-refractivity contribution in [3.8, 4) is 0 Å². The molecule has 1 N–H and O–H groups in total. The van der Waals surface area contributed by atoms with Crippen LogP contribution in [0.1, 0.15) is 41.1 Å². The van der Waals surface area contributed by atoms with Gasteiger partial charge in [0.25, 0.3) is 0 Å². The highest BCUT2D eigenvalue weighted by Gasteiger charge is 2.31. The fourth-order valence-corrected chi connectivity index (χ4v) is 4.33. The summed E-state index contributed by atoms with van der Waals surface area (Å²) in [5.74, 6) is -0.955. The first-order valence-electron chi connectivity index (χ1n) is 8.85. The summed E-state index contributed by atoms with van der Waals surface area (Å²) >= 11 is 12.6. The number of hydrogen-bond donors (Lipinski definition) is 1. The zero-order valence-corrected chi connectivity index (χ0v) is 16.5. The van der Waals surface area contributed by atoms with Gasteiger partial charge in [0, 0.05) is 10.0 Å². The summed E-state index contributed by atoms with van der Waals surface area (Å²) in [6.45, 7) is 5.66. The van der Waals surface area contributed by atoms with E-state index >= 15 is 0 Å². The molecule has 5 heteroatoms. The van der Waals surface area contributed by atoms with Gasteiger partial charge in [0.2, 0.25) is 0 Å². The molecule has 0 spiro atoms. The number of carboxylic acids is 1. The van der Waals surface area contributed by atoms with E-state index in [9.17, 15) is 9.90 Å². The van der Waals surface area contributed by atoms with E-state index in [4.69, 9.17) is 23.2 Å². The largest absolute Gasteiger partial charge is 0.481 e. The Labute approximate surface area is 164 Å². The predicted octanol–water partition coefficient (Wildman–Crippen LogP) is 5.50. The Kier molecular flexibility index (Phi) is 5.91. The minimum Gasteiger partial charge on any atom is -0.481 e. The lowest BCUT2D eigenvalue weighted by molar-refractivity contribution is -0.143. The smallest absolute Gasteiger partial charge is 0.306 e. The number of aryl methyl sites for hydroxylation is 2. The molecular weight excluding hydrogens is 369 g/mol. The Bertz CT molecular complexity index is 762. The van der Waals surface area contributed by atoms with Crippen LogP contribution in [0.25, 0.3) is 0 Å². The lowest BCUT2D eigenvalue weighted by Crippen LogP contribution is -2.39. The monoisotopic (exact) mass is 391 g/mol. The van der Waals surface area contributed by atoms with Crippen molar-refractivity contribution in [3.63, 3.8) is 0 Å². The van der Waals surface area contributed by atoms with Gasteiger partial charge in [-0.3, -0.25) is 9.69 Å². The first-order valence-corrected chi connectivity index (χ1v) is 9.61. The van der Waals surface area contributed by atoms with Crippen LogP contribution in [0.4, 0.5) is 0 Å². The topological polar surface area (TPSA) is 40.5 Å². The van der Waals surface area contributed by atoms with Gasteiger partial charge in [-0.25, -0.2) is 0 Å². The summed E-state index contributed by atoms with van der Waals surface area (Å²) in [5, 5.41) is 10.5. The Morgan fingerprint density at radius 3 is 2.31 bits per heavy atom. The summed E-state index contributed by atoms with van der Waals surface area (Å²) in [6, 6.07) is 12.1. The molecule has 1 aliphatic heterocycles. The highest BCUT2D eigenvalue weighted by Crippen LogP contribution is 2.38. The van der Waals surface area contributed by atoms with Crippen molar-refractivity contribution in [1.82, 2.24) is 4.90 Å². The van der Waals surface area contributed by atoms with Crippen molar-refractivity contribution < 1.29 is 9.90 Å². The van der Waals surface area contributed by atoms with Crippen LogP contribution in [0.5, 0.6) is 0 Å². The van der Waals surface area contributed by atoms with Gasteiger partial charge in [0.1, 0.15) is 0 Å². The van der Waals surface area contributed by atoms with E-state index in [-0.39, 0.29) is 12.0 Å². The lowest BCUT2D eigenvalue weighted by atomic mass is 9.89. The molecule has 0 saturated carbocycles. The molecule has 0 radical (unpaired) electrons. The first-order chi connectivity index (χ1) is 12.4. The number of hydrogen-bond acceptors (Lipinski definition) is 2. The molecule has 0 aliphatic carbocycles. The van der Waals surface area contributed by atoms with Crippen LogP contribution in [0.3, 0.4) is 0 Å². The number of carboxylic acid groups (broad SMARTS) is 1. The van der Waals surface area contributed by atoms with E-state index in [1.54, 1.807) is 6.07 Å². The molecule has 2 aromatic carbocycles. The van der Waals surface area contributed by atoms with Gasteiger partial charge in [-0.05, 0) is 68.6 Å². The quantitative estimate of drug-likeness (QED) is 0.747. The maximum absolute atomic E-state index is 11.3. The van der Waals surface area contributed by atoms with E-state index in [1.807, 2.05) is 12.1 Å². The van der Waals surface area contributed by atoms with E-state index < -0.39 is 5.97 Å². The highest BCUT2D eigenvalue weighted by molar-refractivity contribution is 6.35. The Hall–Kier alpha value is -1.55. The summed E-state index contributed by atoms with van der Waals surface area (Å²) in [7, 11) is 0. The molecule has 3 nitrogen and oxygen atoms in total. The molecule has 1 saturated heterocycles. The molecule has 3 rings (SSSR count). The molecule has 0 amide bonds. The van der Waals surface area contributed by atoms with Crippen molar-refractivity contribution in [1.29, 1.82) is 0 Å². The summed E-state index contributed by atoms with van der Waals surface area (Å²) in [4.78, 5) is 13.6. The lowest BCUT2D eigenvalue weighted by Gasteiger charge is -2.38. The third-order valence-electron chi connectivity index (χ3n) is 5.22. The first kappa shape index (κ1) is 19.2. The van der Waals surface area contributed by atoms with Crippen LogP contribution < -0.4 is 0 Å². The van der Waals surface area contributed by atoms with E-state index in [0.717, 1.165) is 18.7 Å². The van der Waals surface area contributed by atoms with Crippen molar-refractivity contribution in [2.45, 2.75) is 32.7 Å². The molecule has 1 heterocycles. The maximum Gasteiger partial charge on any atom is 0.306 e. The summed E-state index contributed by atoms with van der Waals surface area (Å²) in [6.07, 6.45) is 1.31. The number of benzene rings is 2. The van der Waals surface area contributed by atoms with Crippen LogP contribution in [0.15, 0.2) is 36.4 Å². The molecule has 26 heavy (non-hydrogen) atoms. The molecule has 1 atom stereocenters. The molecule has 0 bridgehead atoms. The van der Waals surface area contributed by atoms with Crippen LogP contribution in [-0.2, 0) is 4.79 Å². The summed E-state index contributed by atoms with van der Waals surface area (Å²) in [5.41, 5.74) is 4.64. The van der Waals surface area contributed by atoms with Gasteiger partial charge < -0.3 is 5.11 Å². The van der Waals surface area contributed by atoms with Gasteiger partial charge in [0.15, 0.2) is 0 Å². The number of likely N-dealkylation sites (tertiary alicyclic amines) is 1.